The molecular weight excluding hydrogens is 1010 g/mol. The van der Waals surface area contributed by atoms with Crippen LogP contribution in [0.25, 0.3) is 0 Å². The molecule has 0 rings (SSSR count). The van der Waals surface area contributed by atoms with E-state index in [0.717, 1.165) is 135 Å². The molecule has 0 aromatic rings. The first kappa shape index (κ1) is 77.8. The Morgan fingerprint density at radius 1 is 0.256 bits per heavy atom. The summed E-state index contributed by atoms with van der Waals surface area (Å²) in [7, 11) is 0. The normalized spacial score (nSPS) is 12.9. The second-order valence-corrected chi connectivity index (χ2v) is 22.7. The second kappa shape index (κ2) is 69.3. The average Bonchev–Trinajstić information content (AvgIpc) is 3.47. The largest absolute Gasteiger partial charge is 0.462 e. The lowest BCUT2D eigenvalue weighted by Gasteiger charge is -2.18. The lowest BCUT2D eigenvalue weighted by Crippen LogP contribution is -2.30. The summed E-state index contributed by atoms with van der Waals surface area (Å²) < 4.78 is 17.0. The van der Waals surface area contributed by atoms with E-state index in [1.165, 1.54) is 148 Å². The third-order valence-electron chi connectivity index (χ3n) is 14.7. The zero-order valence-corrected chi connectivity index (χ0v) is 53.7. The minimum absolute atomic E-state index is 0.0903. The van der Waals surface area contributed by atoms with Crippen LogP contribution in [0.15, 0.2) is 122 Å². The van der Waals surface area contributed by atoms with Crippen molar-refractivity contribution in [2.75, 3.05) is 13.2 Å². The molecule has 0 aliphatic rings. The van der Waals surface area contributed by atoms with Gasteiger partial charge in [-0.3, -0.25) is 14.4 Å². The van der Waals surface area contributed by atoms with Crippen LogP contribution >= 0.6 is 0 Å². The molecule has 0 spiro atoms. The second-order valence-electron chi connectivity index (χ2n) is 22.7. The predicted molar refractivity (Wildman–Crippen MR) is 357 cm³/mol. The first-order chi connectivity index (χ1) is 40.5. The summed E-state index contributed by atoms with van der Waals surface area (Å²) in [5, 5.41) is 0. The Labute approximate surface area is 507 Å². The van der Waals surface area contributed by atoms with E-state index in [9.17, 15) is 14.4 Å². The number of hydrogen-bond donors (Lipinski definition) is 0. The third kappa shape index (κ3) is 66.6. The van der Waals surface area contributed by atoms with Crippen LogP contribution in [0.4, 0.5) is 0 Å². The van der Waals surface area contributed by atoms with E-state index in [2.05, 4.69) is 142 Å². The van der Waals surface area contributed by atoms with Gasteiger partial charge in [-0.1, -0.05) is 290 Å². The summed E-state index contributed by atoms with van der Waals surface area (Å²) in [5.41, 5.74) is 0. The minimum Gasteiger partial charge on any atom is -0.462 e. The molecule has 6 heteroatoms. The molecule has 0 aliphatic carbocycles. The highest BCUT2D eigenvalue weighted by Gasteiger charge is 2.19. The Bertz CT molecular complexity index is 1690. The first-order valence-electron chi connectivity index (χ1n) is 34.5. The summed E-state index contributed by atoms with van der Waals surface area (Å²) in [4.78, 5) is 38.5. The number of esters is 3. The van der Waals surface area contributed by atoms with Crippen molar-refractivity contribution in [3.05, 3.63) is 122 Å². The summed E-state index contributed by atoms with van der Waals surface area (Å²) in [6.07, 6.45) is 96.3. The van der Waals surface area contributed by atoms with Crippen molar-refractivity contribution in [2.45, 2.75) is 329 Å². The minimum atomic E-state index is -0.796. The van der Waals surface area contributed by atoms with Crippen LogP contribution in [-0.4, -0.2) is 37.2 Å². The molecule has 468 valence electrons. The van der Waals surface area contributed by atoms with Gasteiger partial charge in [0.2, 0.25) is 0 Å². The highest BCUT2D eigenvalue weighted by atomic mass is 16.6. The Hall–Kier alpha value is -4.19. The highest BCUT2D eigenvalue weighted by molar-refractivity contribution is 5.71. The molecule has 0 radical (unpaired) electrons. The van der Waals surface area contributed by atoms with Crippen molar-refractivity contribution in [2.24, 2.45) is 0 Å². The maximum Gasteiger partial charge on any atom is 0.306 e. The molecule has 82 heavy (non-hydrogen) atoms. The van der Waals surface area contributed by atoms with E-state index < -0.39 is 6.10 Å². The van der Waals surface area contributed by atoms with E-state index >= 15 is 0 Å². The van der Waals surface area contributed by atoms with Gasteiger partial charge in [0, 0.05) is 19.3 Å². The molecule has 1 unspecified atom stereocenters. The Morgan fingerprint density at radius 2 is 0.476 bits per heavy atom. The molecule has 0 fully saturated rings. The predicted octanol–water partition coefficient (Wildman–Crippen LogP) is 23.9. The Morgan fingerprint density at radius 3 is 0.768 bits per heavy atom. The molecule has 0 saturated carbocycles. The quantitative estimate of drug-likeness (QED) is 0.0261. The fourth-order valence-corrected chi connectivity index (χ4v) is 9.51. The van der Waals surface area contributed by atoms with Gasteiger partial charge in [-0.25, -0.2) is 0 Å². The van der Waals surface area contributed by atoms with Crippen LogP contribution in [0, 0.1) is 0 Å². The number of hydrogen-bond acceptors (Lipinski definition) is 6. The van der Waals surface area contributed by atoms with Crippen molar-refractivity contribution in [1.82, 2.24) is 0 Å². The number of carbonyl (C=O) groups is 3. The van der Waals surface area contributed by atoms with Gasteiger partial charge >= 0.3 is 17.9 Å². The van der Waals surface area contributed by atoms with Crippen LogP contribution < -0.4 is 0 Å². The maximum atomic E-state index is 13.0. The van der Waals surface area contributed by atoms with Gasteiger partial charge in [-0.2, -0.15) is 0 Å². The Balaban J connectivity index is 4.43. The molecule has 0 heterocycles. The van der Waals surface area contributed by atoms with Gasteiger partial charge in [0.15, 0.2) is 6.10 Å². The van der Waals surface area contributed by atoms with Gasteiger partial charge in [-0.05, 0) is 135 Å². The molecular formula is C76H128O6. The average molecular weight is 1140 g/mol. The summed E-state index contributed by atoms with van der Waals surface area (Å²) in [5.74, 6) is -0.909. The fraction of sp³-hybridized carbons (Fsp3) is 0.697. The van der Waals surface area contributed by atoms with Gasteiger partial charge in [0.1, 0.15) is 13.2 Å². The Kier molecular flexibility index (Phi) is 65.8. The fourth-order valence-electron chi connectivity index (χ4n) is 9.51. The SMILES string of the molecule is CC/C=C\C/C=C\C/C=C\C/C=C\C/C=C\C/C=C\C/C=C\CCCCCCCC(=O)OCC(COC(=O)CCCCCCCCC/C=C\C/C=C\CCCCCC)OC(=O)CCCCCCCCCCC/C=C\CCCCCCCC. The van der Waals surface area contributed by atoms with Crippen LogP contribution in [0.2, 0.25) is 0 Å². The summed E-state index contributed by atoms with van der Waals surface area (Å²) >= 11 is 0. The monoisotopic (exact) mass is 1140 g/mol. The lowest BCUT2D eigenvalue weighted by molar-refractivity contribution is -0.167. The van der Waals surface area contributed by atoms with Crippen molar-refractivity contribution in [3.63, 3.8) is 0 Å². The highest BCUT2D eigenvalue weighted by Crippen LogP contribution is 2.16. The number of rotatable bonds is 62. The molecule has 0 saturated heterocycles. The molecule has 0 N–H and O–H groups in total. The van der Waals surface area contributed by atoms with E-state index in [1.807, 2.05) is 0 Å². The molecule has 0 aromatic heterocycles. The van der Waals surface area contributed by atoms with Crippen molar-refractivity contribution in [3.8, 4) is 0 Å². The van der Waals surface area contributed by atoms with E-state index in [1.54, 1.807) is 0 Å². The van der Waals surface area contributed by atoms with Crippen LogP contribution in [0.5, 0.6) is 0 Å². The first-order valence-corrected chi connectivity index (χ1v) is 34.5. The zero-order valence-electron chi connectivity index (χ0n) is 53.7. The topological polar surface area (TPSA) is 78.9 Å². The molecule has 6 nitrogen and oxygen atoms in total. The summed E-state index contributed by atoms with van der Waals surface area (Å²) in [6, 6.07) is 0. The van der Waals surface area contributed by atoms with Crippen molar-refractivity contribution < 1.29 is 28.6 Å². The standard InChI is InChI=1S/C76H128O6/c1-4-7-10-13-16-19-22-25-28-31-34-35-36-37-38-39-40-41-43-45-48-51-54-57-60-63-66-69-75(78)81-72-73(71-80-74(77)68-65-62-59-56-53-50-47-44-33-30-27-24-21-18-15-12-9-6-3)82-76(79)70-67-64-61-58-55-52-49-46-42-32-29-26-23-20-17-14-11-8-5-2/h7,10,16,19,21,24-26,28-30,33-35,37-38,40-41,45,48,73H,4-6,8-9,11-15,17-18,20,22-23,27,31-32,36,39,42-44,46-47,49-72H2,1-3H3/b10-7-,19-16-,24-21-,28-25-,29-26-,33-30-,35-34-,38-37-,41-40-,48-45-. The lowest BCUT2D eigenvalue weighted by atomic mass is 10.1. The molecule has 0 bridgehead atoms. The van der Waals surface area contributed by atoms with Crippen LogP contribution in [0.1, 0.15) is 323 Å². The van der Waals surface area contributed by atoms with Gasteiger partial charge in [-0.15, -0.1) is 0 Å². The van der Waals surface area contributed by atoms with E-state index in [-0.39, 0.29) is 31.1 Å². The van der Waals surface area contributed by atoms with E-state index in [0.29, 0.717) is 19.3 Å². The summed E-state index contributed by atoms with van der Waals surface area (Å²) in [6.45, 7) is 6.51. The number of carbonyl (C=O) groups excluding carboxylic acids is 3. The zero-order chi connectivity index (χ0) is 59.2. The van der Waals surface area contributed by atoms with Crippen molar-refractivity contribution >= 4 is 17.9 Å². The van der Waals surface area contributed by atoms with Gasteiger partial charge < -0.3 is 14.2 Å². The number of allylic oxidation sites excluding steroid dienone is 20. The molecule has 1 atom stereocenters. The maximum absolute atomic E-state index is 13.0. The van der Waals surface area contributed by atoms with Crippen molar-refractivity contribution in [1.29, 1.82) is 0 Å². The van der Waals surface area contributed by atoms with Crippen LogP contribution in [0.3, 0.4) is 0 Å². The van der Waals surface area contributed by atoms with Crippen LogP contribution in [-0.2, 0) is 28.6 Å². The van der Waals surface area contributed by atoms with Gasteiger partial charge in [0.25, 0.3) is 0 Å². The number of unbranched alkanes of at least 4 members (excludes halogenated alkanes) is 31. The van der Waals surface area contributed by atoms with E-state index in [4.69, 9.17) is 14.2 Å². The third-order valence-corrected chi connectivity index (χ3v) is 14.7. The van der Waals surface area contributed by atoms with Gasteiger partial charge in [0.05, 0.1) is 0 Å². The molecule has 0 aliphatic heterocycles. The smallest absolute Gasteiger partial charge is 0.306 e. The molecule has 0 aromatic carbocycles. The number of ether oxygens (including phenoxy) is 3. The molecule has 0 amide bonds.